The second kappa shape index (κ2) is 4.17. The van der Waals surface area contributed by atoms with Gasteiger partial charge in [0.1, 0.15) is 5.75 Å². The van der Waals surface area contributed by atoms with Crippen molar-refractivity contribution < 1.29 is 5.11 Å². The first kappa shape index (κ1) is 11.3. The molecule has 0 aromatic heterocycles. The van der Waals surface area contributed by atoms with E-state index in [4.69, 9.17) is 0 Å². The number of hydrogen-bond acceptors (Lipinski definition) is 4. The van der Waals surface area contributed by atoms with E-state index in [0.717, 1.165) is 0 Å². The number of phenolic OH excluding ortho intramolecular Hbond substituents is 1. The van der Waals surface area contributed by atoms with Crippen LogP contribution in [0.25, 0.3) is 10.8 Å². The van der Waals surface area contributed by atoms with Gasteiger partial charge in [-0.2, -0.15) is 0 Å². The van der Waals surface area contributed by atoms with Crippen LogP contribution in [0.2, 0.25) is 0 Å². The Morgan fingerprint density at radius 1 is 0.789 bits per heavy atom. The molecule has 0 atom stereocenters. The molecule has 3 aromatic rings. The van der Waals surface area contributed by atoms with Crippen LogP contribution in [0.1, 0.15) is 0 Å². The van der Waals surface area contributed by atoms with Crippen LogP contribution < -0.4 is 16.2 Å². The van der Waals surface area contributed by atoms with Crippen molar-refractivity contribution in [3.63, 3.8) is 0 Å². The fourth-order valence-corrected chi connectivity index (χ4v) is 2.00. The summed E-state index contributed by atoms with van der Waals surface area (Å²) in [6.07, 6.45) is 0. The lowest BCUT2D eigenvalue weighted by molar-refractivity contribution is 0.475. The van der Waals surface area contributed by atoms with Crippen molar-refractivity contribution in [3.05, 3.63) is 74.3 Å². The topological polar surface area (TPSA) is 66.7 Å². The van der Waals surface area contributed by atoms with Gasteiger partial charge < -0.3 is 5.11 Å². The zero-order chi connectivity index (χ0) is 13.4. The largest absolute Gasteiger partial charge is 0.508 e. The first-order chi connectivity index (χ1) is 9.16. The number of hydrogen-bond donors (Lipinski definition) is 1. The molecule has 92 valence electrons. The van der Waals surface area contributed by atoms with Crippen LogP contribution in [-0.4, -0.2) is 5.11 Å². The Labute approximate surface area is 107 Å². The molecule has 0 aliphatic carbocycles. The summed E-state index contributed by atoms with van der Waals surface area (Å²) >= 11 is 0. The van der Waals surface area contributed by atoms with Crippen LogP contribution in [0.15, 0.2) is 63.1 Å². The molecule has 3 rings (SSSR count). The molecule has 4 nitrogen and oxygen atoms in total. The van der Waals surface area contributed by atoms with E-state index in [1.54, 1.807) is 36.4 Å². The third kappa shape index (κ3) is 1.83. The highest BCUT2D eigenvalue weighted by molar-refractivity contribution is 5.83. The minimum Gasteiger partial charge on any atom is -0.508 e. The third-order valence-corrected chi connectivity index (χ3v) is 2.94. The third-order valence-electron chi connectivity index (χ3n) is 2.94. The molecule has 4 heteroatoms. The summed E-state index contributed by atoms with van der Waals surface area (Å²) in [7, 11) is 0. The zero-order valence-electron chi connectivity index (χ0n) is 9.83. The lowest BCUT2D eigenvalue weighted by Crippen LogP contribution is -2.31. The van der Waals surface area contributed by atoms with E-state index >= 15 is 0 Å². The van der Waals surface area contributed by atoms with Gasteiger partial charge in [0.2, 0.25) is 10.9 Å². The average molecular weight is 251 g/mol. The number of rotatable bonds is 1. The molecule has 0 saturated heterocycles. The van der Waals surface area contributed by atoms with Crippen molar-refractivity contribution in [1.29, 1.82) is 0 Å². The highest BCUT2D eigenvalue weighted by Crippen LogP contribution is 2.15. The lowest BCUT2D eigenvalue weighted by atomic mass is 10.2. The monoisotopic (exact) mass is 251 g/mol. The second-order valence-electron chi connectivity index (χ2n) is 4.18. The van der Waals surface area contributed by atoms with Gasteiger partial charge in [-0.1, -0.05) is 24.3 Å². The predicted octanol–water partition coefficient (Wildman–Crippen LogP) is 1.37. The second-order valence-corrected chi connectivity index (χ2v) is 4.18. The molecule has 0 aliphatic heterocycles. The minimum atomic E-state index is -0.353. The van der Waals surface area contributed by atoms with Gasteiger partial charge in [-0.05, 0) is 24.3 Å². The number of nitrogens with zero attached hydrogens (tertiary/aromatic N) is 1. The maximum Gasteiger partial charge on any atom is 0.216 e. The maximum atomic E-state index is 12.1. The number of fused-ring (bicyclic) bond motifs is 1. The maximum absolute atomic E-state index is 12.1. The first-order valence-corrected chi connectivity index (χ1v) is 5.73. The van der Waals surface area contributed by atoms with E-state index in [2.05, 4.69) is 4.99 Å². The van der Waals surface area contributed by atoms with Crippen LogP contribution in [0.5, 0.6) is 5.75 Å². The molecule has 0 aliphatic rings. The van der Waals surface area contributed by atoms with Gasteiger partial charge in [0.15, 0.2) is 5.36 Å². The minimum absolute atomic E-state index is 0.0770. The highest BCUT2D eigenvalue weighted by Gasteiger charge is 2.09. The fraction of sp³-hybridized carbons (Fsp3) is 0. The van der Waals surface area contributed by atoms with Crippen LogP contribution >= 0.6 is 0 Å². The first-order valence-electron chi connectivity index (χ1n) is 5.73. The molecular weight excluding hydrogens is 242 g/mol. The molecule has 0 amide bonds. The van der Waals surface area contributed by atoms with E-state index < -0.39 is 0 Å². The van der Waals surface area contributed by atoms with Crippen molar-refractivity contribution >= 4 is 16.5 Å². The van der Waals surface area contributed by atoms with E-state index in [-0.39, 0.29) is 22.0 Å². The summed E-state index contributed by atoms with van der Waals surface area (Å²) in [6, 6.07) is 12.7. The van der Waals surface area contributed by atoms with Crippen LogP contribution in [0.3, 0.4) is 0 Å². The molecule has 0 fully saturated rings. The van der Waals surface area contributed by atoms with Crippen LogP contribution in [0.4, 0.5) is 5.69 Å². The Hall–Kier alpha value is -2.75. The summed E-state index contributed by atoms with van der Waals surface area (Å²) in [6.45, 7) is 0. The van der Waals surface area contributed by atoms with Crippen LogP contribution in [-0.2, 0) is 0 Å². The molecule has 0 radical (unpaired) electrons. The van der Waals surface area contributed by atoms with Crippen molar-refractivity contribution in [1.82, 2.24) is 0 Å². The van der Waals surface area contributed by atoms with Gasteiger partial charge in [-0.15, -0.1) is 0 Å². The summed E-state index contributed by atoms with van der Waals surface area (Å²) < 4.78 is 0. The molecule has 19 heavy (non-hydrogen) atoms. The molecule has 0 saturated carbocycles. The SMILES string of the molecule is O=c1c(=Nc2ccc(O)cc2)c(=O)c2ccccc12. The van der Waals surface area contributed by atoms with E-state index in [0.29, 0.717) is 16.5 Å². The molecule has 0 unspecified atom stereocenters. The van der Waals surface area contributed by atoms with Gasteiger partial charge in [0.25, 0.3) is 0 Å². The smallest absolute Gasteiger partial charge is 0.216 e. The molecule has 0 heterocycles. The normalized spacial score (nSPS) is 10.7. The highest BCUT2D eigenvalue weighted by atomic mass is 16.3. The van der Waals surface area contributed by atoms with E-state index in [9.17, 15) is 14.7 Å². The van der Waals surface area contributed by atoms with Gasteiger partial charge >= 0.3 is 0 Å². The molecule has 1 N–H and O–H groups in total. The van der Waals surface area contributed by atoms with E-state index in [1.807, 2.05) is 0 Å². The number of phenols is 1. The van der Waals surface area contributed by atoms with Crippen molar-refractivity contribution in [2.45, 2.75) is 0 Å². The summed E-state index contributed by atoms with van der Waals surface area (Å²) in [5.41, 5.74) is -0.246. The summed E-state index contributed by atoms with van der Waals surface area (Å²) in [5.74, 6) is 0.108. The predicted molar refractivity (Wildman–Crippen MR) is 72.2 cm³/mol. The van der Waals surface area contributed by atoms with Crippen molar-refractivity contribution in [2.75, 3.05) is 0 Å². The Morgan fingerprint density at radius 3 is 1.84 bits per heavy atom. The molecule has 3 aromatic carbocycles. The van der Waals surface area contributed by atoms with Gasteiger partial charge in [-0.25, -0.2) is 4.99 Å². The quantitative estimate of drug-likeness (QED) is 0.710. The molecule has 0 spiro atoms. The molecular formula is C15H9NO3. The zero-order valence-corrected chi connectivity index (χ0v) is 9.83. The van der Waals surface area contributed by atoms with E-state index in [1.165, 1.54) is 12.1 Å². The van der Waals surface area contributed by atoms with Crippen LogP contribution in [0, 0.1) is 0 Å². The number of benzene rings is 2. The Balaban J connectivity index is 2.34. The van der Waals surface area contributed by atoms with Crippen molar-refractivity contribution in [3.8, 4) is 5.75 Å². The fourth-order valence-electron chi connectivity index (χ4n) is 2.00. The molecule has 0 bridgehead atoms. The van der Waals surface area contributed by atoms with Gasteiger partial charge in [0.05, 0.1) is 5.69 Å². The Kier molecular flexibility index (Phi) is 2.49. The lowest BCUT2D eigenvalue weighted by Gasteiger charge is -1.91. The Morgan fingerprint density at radius 2 is 1.32 bits per heavy atom. The average Bonchev–Trinajstić information content (AvgIpc) is 2.67. The van der Waals surface area contributed by atoms with Crippen molar-refractivity contribution in [2.24, 2.45) is 4.99 Å². The summed E-state index contributed by atoms with van der Waals surface area (Å²) in [5, 5.41) is 9.89. The number of aromatic hydroxyl groups is 1. The van der Waals surface area contributed by atoms with Gasteiger partial charge in [-0.3, -0.25) is 9.59 Å². The van der Waals surface area contributed by atoms with Gasteiger partial charge in [0, 0.05) is 10.8 Å². The Bertz CT molecular complexity index is 851. The standard InChI is InChI=1S/C15H9NO3/c17-10-7-5-9(6-8-10)16-13-14(18)11-3-1-2-4-12(11)15(13)19/h1-8,17H. The summed E-state index contributed by atoms with van der Waals surface area (Å²) in [4.78, 5) is 28.2.